The van der Waals surface area contributed by atoms with E-state index in [9.17, 15) is 9.59 Å². The molecule has 4 nitrogen and oxygen atoms in total. The number of esters is 1. The monoisotopic (exact) mass is 341 g/mol. The van der Waals surface area contributed by atoms with Crippen molar-refractivity contribution < 1.29 is 14.3 Å². The Bertz CT molecular complexity index is 667. The lowest BCUT2D eigenvalue weighted by molar-refractivity contribution is -0.140. The van der Waals surface area contributed by atoms with Gasteiger partial charge in [-0.3, -0.25) is 4.79 Å². The van der Waals surface area contributed by atoms with Crippen LogP contribution in [0.3, 0.4) is 0 Å². The van der Waals surface area contributed by atoms with Gasteiger partial charge in [0.2, 0.25) is 0 Å². The summed E-state index contributed by atoms with van der Waals surface area (Å²) in [6.07, 6.45) is 10.4. The molecule has 2 atom stereocenters. The van der Waals surface area contributed by atoms with E-state index in [0.29, 0.717) is 17.5 Å². The quantitative estimate of drug-likeness (QED) is 0.791. The van der Waals surface area contributed by atoms with Gasteiger partial charge in [-0.25, -0.2) is 4.79 Å². The van der Waals surface area contributed by atoms with E-state index in [0.717, 1.165) is 38.6 Å². The first kappa shape index (κ1) is 16.6. The third-order valence-electron chi connectivity index (χ3n) is 6.22. The van der Waals surface area contributed by atoms with Crippen molar-refractivity contribution in [2.24, 2.45) is 5.92 Å². The molecule has 2 aliphatic carbocycles. The number of ether oxygens (including phenoxy) is 1. The summed E-state index contributed by atoms with van der Waals surface area (Å²) in [6, 6.07) is 6.16. The van der Waals surface area contributed by atoms with Gasteiger partial charge in [-0.05, 0) is 74.1 Å². The number of likely N-dealkylation sites (tertiary alicyclic amines) is 1. The van der Waals surface area contributed by atoms with Gasteiger partial charge in [-0.1, -0.05) is 18.9 Å². The van der Waals surface area contributed by atoms with Gasteiger partial charge in [0, 0.05) is 12.6 Å². The third kappa shape index (κ3) is 3.44. The topological polar surface area (TPSA) is 46.6 Å². The molecule has 1 aliphatic heterocycles. The maximum atomic E-state index is 12.6. The lowest BCUT2D eigenvalue weighted by Crippen LogP contribution is -2.50. The standard InChI is InChI=1S/C21H27NO3/c23-20(22-12-4-8-16-5-1-2-9-19(16)22)14-25-21(24)18-11-10-15-6-3-7-17(15)13-18/h10-11,13,16,19H,1-9,12,14H2/t16-,19-/m1/s1. The lowest BCUT2D eigenvalue weighted by Gasteiger charge is -2.44. The van der Waals surface area contributed by atoms with E-state index in [4.69, 9.17) is 4.74 Å². The molecule has 1 amide bonds. The summed E-state index contributed by atoms with van der Waals surface area (Å²) in [4.78, 5) is 26.9. The molecular weight excluding hydrogens is 314 g/mol. The van der Waals surface area contributed by atoms with Crippen LogP contribution in [0.4, 0.5) is 0 Å². The van der Waals surface area contributed by atoms with Crippen molar-refractivity contribution >= 4 is 11.9 Å². The number of benzene rings is 1. The van der Waals surface area contributed by atoms with Crippen LogP contribution in [0, 0.1) is 5.92 Å². The third-order valence-corrected chi connectivity index (χ3v) is 6.22. The minimum Gasteiger partial charge on any atom is -0.452 e. The molecule has 134 valence electrons. The Morgan fingerprint density at radius 1 is 1.00 bits per heavy atom. The second-order valence-corrected chi connectivity index (χ2v) is 7.75. The maximum Gasteiger partial charge on any atom is 0.338 e. The first-order valence-corrected chi connectivity index (χ1v) is 9.81. The van der Waals surface area contributed by atoms with E-state index >= 15 is 0 Å². The zero-order valence-corrected chi connectivity index (χ0v) is 14.8. The molecule has 0 aromatic heterocycles. The van der Waals surface area contributed by atoms with Crippen LogP contribution >= 0.6 is 0 Å². The van der Waals surface area contributed by atoms with Gasteiger partial charge in [0.1, 0.15) is 0 Å². The Labute approximate surface area is 149 Å². The van der Waals surface area contributed by atoms with Crippen molar-refractivity contribution in [2.75, 3.05) is 13.2 Å². The molecule has 0 spiro atoms. The highest BCUT2D eigenvalue weighted by atomic mass is 16.5. The zero-order chi connectivity index (χ0) is 17.2. The van der Waals surface area contributed by atoms with Crippen LogP contribution in [0.1, 0.15) is 66.4 Å². The minimum atomic E-state index is -0.375. The van der Waals surface area contributed by atoms with E-state index in [1.54, 1.807) is 0 Å². The molecule has 1 aromatic carbocycles. The van der Waals surface area contributed by atoms with Gasteiger partial charge < -0.3 is 9.64 Å². The second kappa shape index (κ2) is 7.19. The van der Waals surface area contributed by atoms with Gasteiger partial charge in [-0.2, -0.15) is 0 Å². The number of amides is 1. The van der Waals surface area contributed by atoms with Gasteiger partial charge in [-0.15, -0.1) is 0 Å². The summed E-state index contributed by atoms with van der Waals surface area (Å²) in [7, 11) is 0. The lowest BCUT2D eigenvalue weighted by atomic mass is 9.78. The summed E-state index contributed by atoms with van der Waals surface area (Å²) < 4.78 is 5.35. The van der Waals surface area contributed by atoms with Crippen LogP contribution in [-0.4, -0.2) is 36.0 Å². The van der Waals surface area contributed by atoms with Gasteiger partial charge >= 0.3 is 5.97 Å². The molecule has 2 fully saturated rings. The number of rotatable bonds is 3. The Morgan fingerprint density at radius 2 is 1.80 bits per heavy atom. The van der Waals surface area contributed by atoms with Crippen molar-refractivity contribution in [3.8, 4) is 0 Å². The van der Waals surface area contributed by atoms with Gasteiger partial charge in [0.15, 0.2) is 6.61 Å². The highest BCUT2D eigenvalue weighted by molar-refractivity contribution is 5.91. The van der Waals surface area contributed by atoms with E-state index in [2.05, 4.69) is 0 Å². The average molecular weight is 341 g/mol. The van der Waals surface area contributed by atoms with E-state index in [1.807, 2.05) is 23.1 Å². The van der Waals surface area contributed by atoms with Crippen molar-refractivity contribution in [3.63, 3.8) is 0 Å². The molecule has 0 radical (unpaired) electrons. The van der Waals surface area contributed by atoms with Crippen LogP contribution < -0.4 is 0 Å². The van der Waals surface area contributed by atoms with Crippen LogP contribution in [-0.2, 0) is 22.4 Å². The number of fused-ring (bicyclic) bond motifs is 2. The SMILES string of the molecule is O=C(OCC(=O)N1CCC[C@H]2CCCC[C@H]21)c1ccc2c(c1)CCC2. The first-order valence-electron chi connectivity index (χ1n) is 9.81. The Kier molecular flexibility index (Phi) is 4.78. The van der Waals surface area contributed by atoms with Crippen LogP contribution in [0.15, 0.2) is 18.2 Å². The molecule has 1 aromatic rings. The van der Waals surface area contributed by atoms with Crippen molar-refractivity contribution in [3.05, 3.63) is 34.9 Å². The molecule has 0 bridgehead atoms. The Morgan fingerprint density at radius 3 is 2.72 bits per heavy atom. The predicted octanol–water partition coefficient (Wildman–Crippen LogP) is 3.51. The molecule has 1 heterocycles. The van der Waals surface area contributed by atoms with Crippen molar-refractivity contribution in [1.29, 1.82) is 0 Å². The van der Waals surface area contributed by atoms with E-state index < -0.39 is 0 Å². The van der Waals surface area contributed by atoms with Crippen molar-refractivity contribution in [1.82, 2.24) is 4.90 Å². The molecule has 0 unspecified atom stereocenters. The van der Waals surface area contributed by atoms with Crippen molar-refractivity contribution in [2.45, 2.75) is 63.8 Å². The smallest absolute Gasteiger partial charge is 0.338 e. The Hall–Kier alpha value is -1.84. The van der Waals surface area contributed by atoms with E-state index in [-0.39, 0.29) is 18.5 Å². The number of piperidine rings is 1. The van der Waals surface area contributed by atoms with Gasteiger partial charge in [0.25, 0.3) is 5.91 Å². The molecule has 4 rings (SSSR count). The zero-order valence-electron chi connectivity index (χ0n) is 14.8. The fourth-order valence-electron chi connectivity index (χ4n) is 4.93. The largest absolute Gasteiger partial charge is 0.452 e. The first-order chi connectivity index (χ1) is 12.2. The molecule has 3 aliphatic rings. The molecule has 1 saturated heterocycles. The number of hydrogen-bond donors (Lipinski definition) is 0. The molecule has 1 saturated carbocycles. The molecule has 0 N–H and O–H groups in total. The summed E-state index contributed by atoms with van der Waals surface area (Å²) in [5, 5.41) is 0. The number of nitrogens with zero attached hydrogens (tertiary/aromatic N) is 1. The van der Waals surface area contributed by atoms with Crippen LogP contribution in [0.2, 0.25) is 0 Å². The average Bonchev–Trinajstić information content (AvgIpc) is 3.13. The summed E-state index contributed by atoms with van der Waals surface area (Å²) >= 11 is 0. The molecule has 25 heavy (non-hydrogen) atoms. The van der Waals surface area contributed by atoms with E-state index in [1.165, 1.54) is 36.8 Å². The second-order valence-electron chi connectivity index (χ2n) is 7.75. The number of aryl methyl sites for hydroxylation is 2. The van der Waals surface area contributed by atoms with Crippen LogP contribution in [0.25, 0.3) is 0 Å². The molecule has 4 heteroatoms. The minimum absolute atomic E-state index is 0.0221. The molecular formula is C21H27NO3. The number of carbonyl (C=O) groups is 2. The van der Waals surface area contributed by atoms with Crippen LogP contribution in [0.5, 0.6) is 0 Å². The summed E-state index contributed by atoms with van der Waals surface area (Å²) in [5.74, 6) is 0.255. The summed E-state index contributed by atoms with van der Waals surface area (Å²) in [5.41, 5.74) is 3.16. The predicted molar refractivity (Wildman–Crippen MR) is 95.4 cm³/mol. The fourth-order valence-corrected chi connectivity index (χ4v) is 4.93. The van der Waals surface area contributed by atoms with Gasteiger partial charge in [0.05, 0.1) is 5.56 Å². The number of carbonyl (C=O) groups excluding carboxylic acids is 2. The normalized spacial score (nSPS) is 25.2. The Balaban J connectivity index is 1.35. The highest BCUT2D eigenvalue weighted by Crippen LogP contribution is 2.35. The maximum absolute atomic E-state index is 12.6. The highest BCUT2D eigenvalue weighted by Gasteiger charge is 2.35. The summed E-state index contributed by atoms with van der Waals surface area (Å²) in [6.45, 7) is 0.690. The fraction of sp³-hybridized carbons (Fsp3) is 0.619. The number of hydrogen-bond acceptors (Lipinski definition) is 3.